The molecule has 1 aliphatic heterocycles. The monoisotopic (exact) mass is 382 g/mol. The van der Waals surface area contributed by atoms with Crippen molar-refractivity contribution >= 4 is 11.5 Å². The lowest BCUT2D eigenvalue weighted by molar-refractivity contribution is -0.117. The summed E-state index contributed by atoms with van der Waals surface area (Å²) < 4.78 is 20.9. The maximum Gasteiger partial charge on any atom is 0.168 e. The first kappa shape index (κ1) is 18.9. The smallest absolute Gasteiger partial charge is 0.168 e. The Morgan fingerprint density at radius 1 is 1.25 bits per heavy atom. The molecule has 0 bridgehead atoms. The predicted molar refractivity (Wildman–Crippen MR) is 108 cm³/mol. The number of ketones is 1. The number of ether oxygens (including phenoxy) is 1. The average molecular weight is 382 g/mol. The van der Waals surface area contributed by atoms with E-state index in [1.165, 1.54) is 0 Å². The average Bonchev–Trinajstić information content (AvgIpc) is 3.41. The van der Waals surface area contributed by atoms with E-state index >= 15 is 0 Å². The van der Waals surface area contributed by atoms with Crippen molar-refractivity contribution in [2.75, 3.05) is 18.0 Å². The van der Waals surface area contributed by atoms with Crippen molar-refractivity contribution in [2.45, 2.75) is 57.5 Å². The Labute approximate surface area is 165 Å². The Balaban J connectivity index is 1.37. The second-order valence-corrected chi connectivity index (χ2v) is 8.15. The number of nitrogens with zero attached hydrogens (tertiary/aromatic N) is 2. The van der Waals surface area contributed by atoms with Crippen LogP contribution in [0.2, 0.25) is 0 Å². The Bertz CT molecular complexity index is 848. The van der Waals surface area contributed by atoms with Crippen LogP contribution in [0.15, 0.2) is 36.5 Å². The molecular weight excluding hydrogens is 355 g/mol. The molecule has 0 radical (unpaired) electrons. The highest BCUT2D eigenvalue weighted by Crippen LogP contribution is 2.42. The number of benzene rings is 1. The molecule has 4 nitrogen and oxygen atoms in total. The molecule has 2 aromatic rings. The Hall–Kier alpha value is -2.43. The van der Waals surface area contributed by atoms with E-state index in [0.717, 1.165) is 37.1 Å². The van der Waals surface area contributed by atoms with Gasteiger partial charge in [-0.3, -0.25) is 4.98 Å². The third-order valence-electron chi connectivity index (χ3n) is 5.69. The molecule has 2 fully saturated rings. The zero-order valence-electron chi connectivity index (χ0n) is 16.5. The van der Waals surface area contributed by atoms with Crippen LogP contribution in [0.25, 0.3) is 0 Å². The first-order valence-corrected chi connectivity index (χ1v) is 10.2. The minimum Gasteiger partial charge on any atom is -0.489 e. The number of Topliss-reactive ketones (excluding diaryl/α,β-unsaturated/α-hetero) is 1. The van der Waals surface area contributed by atoms with E-state index < -0.39 is 0 Å². The number of carbonyl (C=O) groups is 1. The molecule has 0 amide bonds. The Kier molecular flexibility index (Phi) is 5.33. The minimum atomic E-state index is -0.158. The highest BCUT2D eigenvalue weighted by Gasteiger charge is 2.32. The van der Waals surface area contributed by atoms with Crippen LogP contribution in [0.3, 0.4) is 0 Å². The van der Waals surface area contributed by atoms with Gasteiger partial charge in [-0.15, -0.1) is 0 Å². The molecule has 0 N–H and O–H groups in total. The van der Waals surface area contributed by atoms with Gasteiger partial charge in [-0.1, -0.05) is 19.1 Å². The van der Waals surface area contributed by atoms with Gasteiger partial charge in [0.15, 0.2) is 5.82 Å². The fourth-order valence-electron chi connectivity index (χ4n) is 3.99. The number of carbonyl (C=O) groups excluding carboxylic acids is 1. The van der Waals surface area contributed by atoms with Gasteiger partial charge in [-0.2, -0.15) is 0 Å². The van der Waals surface area contributed by atoms with Crippen molar-refractivity contribution in [1.29, 1.82) is 0 Å². The molecule has 1 aromatic heterocycles. The number of hydrogen-bond donors (Lipinski definition) is 0. The minimum absolute atomic E-state index is 0.0393. The van der Waals surface area contributed by atoms with Gasteiger partial charge in [0.2, 0.25) is 0 Å². The van der Waals surface area contributed by atoms with E-state index in [-0.39, 0.29) is 23.6 Å². The summed E-state index contributed by atoms with van der Waals surface area (Å²) in [5, 5.41) is 0. The van der Waals surface area contributed by atoms with Gasteiger partial charge in [-0.25, -0.2) is 4.39 Å². The van der Waals surface area contributed by atoms with E-state index in [4.69, 9.17) is 4.74 Å². The number of pyridine rings is 1. The zero-order chi connectivity index (χ0) is 19.7. The Morgan fingerprint density at radius 2 is 2.00 bits per heavy atom. The molecule has 0 spiro atoms. The topological polar surface area (TPSA) is 42.4 Å². The van der Waals surface area contributed by atoms with Crippen LogP contribution in [-0.4, -0.2) is 30.0 Å². The van der Waals surface area contributed by atoms with Crippen molar-refractivity contribution in [3.05, 3.63) is 53.6 Å². The summed E-state index contributed by atoms with van der Waals surface area (Å²) >= 11 is 0. The lowest BCUT2D eigenvalue weighted by Gasteiger charge is -2.20. The van der Waals surface area contributed by atoms with Crippen LogP contribution in [0.5, 0.6) is 5.75 Å². The van der Waals surface area contributed by atoms with Crippen LogP contribution < -0.4 is 9.64 Å². The highest BCUT2D eigenvalue weighted by atomic mass is 19.1. The molecule has 2 aliphatic rings. The zero-order valence-corrected chi connectivity index (χ0v) is 16.5. The summed E-state index contributed by atoms with van der Waals surface area (Å²) in [4.78, 5) is 17.6. The third kappa shape index (κ3) is 4.18. The van der Waals surface area contributed by atoms with Crippen molar-refractivity contribution in [3.8, 4) is 5.75 Å². The molecular formula is C23H27FN2O2. The summed E-state index contributed by atoms with van der Waals surface area (Å²) in [6, 6.07) is 9.76. The van der Waals surface area contributed by atoms with Crippen LogP contribution in [0.1, 0.15) is 62.6 Å². The fourth-order valence-corrected chi connectivity index (χ4v) is 3.99. The van der Waals surface area contributed by atoms with E-state index in [2.05, 4.69) is 16.8 Å². The van der Waals surface area contributed by atoms with Crippen LogP contribution in [0, 0.1) is 5.82 Å². The summed E-state index contributed by atoms with van der Waals surface area (Å²) in [5.74, 6) is 1.38. The second-order valence-electron chi connectivity index (χ2n) is 8.15. The van der Waals surface area contributed by atoms with Crippen LogP contribution in [-0.2, 0) is 4.79 Å². The van der Waals surface area contributed by atoms with Crippen LogP contribution >= 0.6 is 0 Å². The molecule has 5 heteroatoms. The SMILES string of the molecule is CC(=O)C[C@@H](C)c1ccc(O[C@@H]2CCN(c3ccnc(C4CC4)c3F)C2)cc1. The van der Waals surface area contributed by atoms with Gasteiger partial charge in [0, 0.05) is 31.5 Å². The van der Waals surface area contributed by atoms with Gasteiger partial charge in [0.1, 0.15) is 17.6 Å². The quantitative estimate of drug-likeness (QED) is 0.687. The van der Waals surface area contributed by atoms with E-state index in [0.29, 0.717) is 30.3 Å². The molecule has 0 unspecified atom stereocenters. The first-order valence-electron chi connectivity index (χ1n) is 10.2. The summed E-state index contributed by atoms with van der Waals surface area (Å²) in [7, 11) is 0. The van der Waals surface area contributed by atoms with Gasteiger partial charge >= 0.3 is 0 Å². The summed E-state index contributed by atoms with van der Waals surface area (Å²) in [6.07, 6.45) is 5.26. The maximum absolute atomic E-state index is 14.8. The Morgan fingerprint density at radius 3 is 2.68 bits per heavy atom. The van der Waals surface area contributed by atoms with E-state index in [1.54, 1.807) is 19.2 Å². The van der Waals surface area contributed by atoms with Gasteiger partial charge in [0.05, 0.1) is 17.9 Å². The standard InChI is InChI=1S/C23H27FN2O2/c1-15(13-16(2)27)17-5-7-19(8-6-17)28-20-10-12-26(14-20)21-9-11-25-23(22(21)24)18-3-4-18/h5-9,11,15,18,20H,3-4,10,12-14H2,1-2H3/t15-,20-/m1/s1. The number of aromatic nitrogens is 1. The fraction of sp³-hybridized carbons (Fsp3) is 0.478. The molecule has 1 saturated carbocycles. The maximum atomic E-state index is 14.8. The molecule has 1 saturated heterocycles. The summed E-state index contributed by atoms with van der Waals surface area (Å²) in [6.45, 7) is 5.14. The highest BCUT2D eigenvalue weighted by molar-refractivity contribution is 5.76. The van der Waals surface area contributed by atoms with E-state index in [9.17, 15) is 9.18 Å². The largest absolute Gasteiger partial charge is 0.489 e. The van der Waals surface area contributed by atoms with Crippen molar-refractivity contribution in [1.82, 2.24) is 4.98 Å². The van der Waals surface area contributed by atoms with E-state index in [1.807, 2.05) is 24.3 Å². The lowest BCUT2D eigenvalue weighted by atomic mass is 9.96. The van der Waals surface area contributed by atoms with Gasteiger partial charge in [-0.05, 0) is 49.4 Å². The molecule has 1 aromatic carbocycles. The summed E-state index contributed by atoms with van der Waals surface area (Å²) in [5.41, 5.74) is 2.41. The predicted octanol–water partition coefficient (Wildman–Crippen LogP) is 4.84. The normalized spacial score (nSPS) is 20.2. The molecule has 28 heavy (non-hydrogen) atoms. The molecule has 4 rings (SSSR count). The molecule has 148 valence electrons. The van der Waals surface area contributed by atoms with Crippen molar-refractivity contribution in [3.63, 3.8) is 0 Å². The van der Waals surface area contributed by atoms with Crippen LogP contribution in [0.4, 0.5) is 10.1 Å². The van der Waals surface area contributed by atoms with Gasteiger partial charge in [0.25, 0.3) is 0 Å². The van der Waals surface area contributed by atoms with Crippen molar-refractivity contribution < 1.29 is 13.9 Å². The number of halogens is 1. The molecule has 2 heterocycles. The molecule has 2 atom stereocenters. The van der Waals surface area contributed by atoms with Crippen molar-refractivity contribution in [2.24, 2.45) is 0 Å². The molecule has 1 aliphatic carbocycles. The number of hydrogen-bond acceptors (Lipinski definition) is 4. The number of anilines is 1. The first-order chi connectivity index (χ1) is 13.5. The lowest BCUT2D eigenvalue weighted by Crippen LogP contribution is -2.25. The van der Waals surface area contributed by atoms with Gasteiger partial charge < -0.3 is 14.4 Å². The third-order valence-corrected chi connectivity index (χ3v) is 5.69. The second kappa shape index (κ2) is 7.90. The number of rotatable bonds is 7.